The van der Waals surface area contributed by atoms with E-state index in [2.05, 4.69) is 20.7 Å². The third kappa shape index (κ3) is 5.41. The smallest absolute Gasteiger partial charge is 0.241 e. The van der Waals surface area contributed by atoms with Crippen molar-refractivity contribution in [1.82, 2.24) is 25.3 Å². The van der Waals surface area contributed by atoms with Crippen LogP contribution in [0.25, 0.3) is 0 Å². The van der Waals surface area contributed by atoms with Crippen molar-refractivity contribution in [2.45, 2.75) is 13.5 Å². The summed E-state index contributed by atoms with van der Waals surface area (Å²) in [7, 11) is 5.32. The fraction of sp³-hybridized carbons (Fsp3) is 0.583. The number of amides is 1. The van der Waals surface area contributed by atoms with E-state index in [-0.39, 0.29) is 12.5 Å². The van der Waals surface area contributed by atoms with Gasteiger partial charge in [0.1, 0.15) is 0 Å². The number of nitrogens with one attached hydrogen (secondary N) is 2. The second-order valence-corrected chi connectivity index (χ2v) is 4.36. The van der Waals surface area contributed by atoms with Crippen LogP contribution in [0.5, 0.6) is 0 Å². The molecule has 1 aromatic heterocycles. The van der Waals surface area contributed by atoms with Crippen molar-refractivity contribution >= 4 is 11.9 Å². The van der Waals surface area contributed by atoms with Crippen molar-refractivity contribution in [3.63, 3.8) is 0 Å². The predicted octanol–water partition coefficient (Wildman–Crippen LogP) is -0.437. The molecule has 1 heterocycles. The topological polar surface area (TPSA) is 74.5 Å². The average molecular weight is 266 g/mol. The third-order valence-corrected chi connectivity index (χ3v) is 2.43. The lowest BCUT2D eigenvalue weighted by Crippen LogP contribution is -2.42. The quantitative estimate of drug-likeness (QED) is 0.560. The number of nitrogens with zero attached hydrogens (tertiary/aromatic N) is 4. The van der Waals surface area contributed by atoms with Crippen LogP contribution in [-0.4, -0.2) is 53.7 Å². The van der Waals surface area contributed by atoms with Gasteiger partial charge in [-0.15, -0.1) is 0 Å². The van der Waals surface area contributed by atoms with Crippen molar-refractivity contribution < 1.29 is 4.79 Å². The molecule has 0 atom stereocenters. The number of hydrogen-bond acceptors (Lipinski definition) is 3. The highest BCUT2D eigenvalue weighted by Crippen LogP contribution is 1.97. The molecule has 0 aliphatic rings. The summed E-state index contributed by atoms with van der Waals surface area (Å²) in [6.45, 7) is 3.48. The van der Waals surface area contributed by atoms with Crippen LogP contribution in [0.1, 0.15) is 12.5 Å². The molecule has 0 aliphatic heterocycles. The molecule has 2 N–H and O–H groups in total. The van der Waals surface area contributed by atoms with Gasteiger partial charge in [0.05, 0.1) is 19.3 Å². The number of carbonyl (C=O) groups excluding carboxylic acids is 1. The van der Waals surface area contributed by atoms with Crippen molar-refractivity contribution in [1.29, 1.82) is 0 Å². The molecule has 7 nitrogen and oxygen atoms in total. The summed E-state index contributed by atoms with van der Waals surface area (Å²) < 4.78 is 1.74. The highest BCUT2D eigenvalue weighted by Gasteiger charge is 2.05. The van der Waals surface area contributed by atoms with Crippen LogP contribution in [0.4, 0.5) is 0 Å². The fourth-order valence-electron chi connectivity index (χ4n) is 1.38. The highest BCUT2D eigenvalue weighted by molar-refractivity contribution is 5.86. The Hall–Kier alpha value is -2.05. The molecule has 1 amide bonds. The normalized spacial score (nSPS) is 11.3. The average Bonchev–Trinajstić information content (AvgIpc) is 2.78. The van der Waals surface area contributed by atoms with E-state index < -0.39 is 0 Å². The fourth-order valence-corrected chi connectivity index (χ4v) is 1.38. The summed E-state index contributed by atoms with van der Waals surface area (Å²) in [6.07, 6.45) is 3.69. The third-order valence-electron chi connectivity index (χ3n) is 2.43. The van der Waals surface area contributed by atoms with Crippen LogP contribution in [0.15, 0.2) is 17.4 Å². The van der Waals surface area contributed by atoms with Crippen LogP contribution in [-0.2, 0) is 18.4 Å². The van der Waals surface area contributed by atoms with Gasteiger partial charge in [-0.25, -0.2) is 4.99 Å². The van der Waals surface area contributed by atoms with E-state index in [1.165, 1.54) is 4.90 Å². The van der Waals surface area contributed by atoms with Gasteiger partial charge in [-0.2, -0.15) is 5.10 Å². The molecular weight excluding hydrogens is 244 g/mol. The lowest BCUT2D eigenvalue weighted by molar-refractivity contribution is -0.127. The molecule has 0 spiro atoms. The molecule has 0 fully saturated rings. The van der Waals surface area contributed by atoms with Crippen LogP contribution in [0, 0.1) is 0 Å². The molecule has 0 aromatic carbocycles. The van der Waals surface area contributed by atoms with Crippen molar-refractivity contribution in [3.05, 3.63) is 18.0 Å². The number of guanidine groups is 1. The maximum Gasteiger partial charge on any atom is 0.241 e. The SMILES string of the molecule is CCNC(=NCc1cnn(C)c1)NCC(=O)N(C)C. The molecule has 0 aliphatic carbocycles. The molecule has 106 valence electrons. The summed E-state index contributed by atoms with van der Waals surface area (Å²) in [4.78, 5) is 17.4. The van der Waals surface area contributed by atoms with Crippen molar-refractivity contribution in [2.24, 2.45) is 12.0 Å². The minimum Gasteiger partial charge on any atom is -0.357 e. The lowest BCUT2D eigenvalue weighted by Gasteiger charge is -2.13. The first-order chi connectivity index (χ1) is 9.02. The second kappa shape index (κ2) is 7.40. The van der Waals surface area contributed by atoms with Gasteiger partial charge in [-0.3, -0.25) is 9.48 Å². The van der Waals surface area contributed by atoms with Gasteiger partial charge < -0.3 is 15.5 Å². The Bertz CT molecular complexity index is 437. The van der Waals surface area contributed by atoms with E-state index in [1.54, 1.807) is 25.0 Å². The molecule has 19 heavy (non-hydrogen) atoms. The Balaban J connectivity index is 2.53. The summed E-state index contributed by atoms with van der Waals surface area (Å²) in [5.41, 5.74) is 1.03. The van der Waals surface area contributed by atoms with Crippen LogP contribution >= 0.6 is 0 Å². The number of carbonyl (C=O) groups is 1. The zero-order valence-corrected chi connectivity index (χ0v) is 12.0. The van der Waals surface area contributed by atoms with E-state index in [0.29, 0.717) is 12.5 Å². The zero-order valence-electron chi connectivity index (χ0n) is 12.0. The Kier molecular flexibility index (Phi) is 5.84. The number of aryl methyl sites for hydroxylation is 1. The first kappa shape index (κ1) is 15.0. The van der Waals surface area contributed by atoms with Gasteiger partial charge >= 0.3 is 0 Å². The van der Waals surface area contributed by atoms with E-state index in [9.17, 15) is 4.79 Å². The molecule has 0 saturated carbocycles. The van der Waals surface area contributed by atoms with E-state index in [0.717, 1.165) is 12.1 Å². The molecular formula is C12H22N6O. The van der Waals surface area contributed by atoms with Gasteiger partial charge in [0.15, 0.2) is 5.96 Å². The summed E-state index contributed by atoms with van der Waals surface area (Å²) in [5, 5.41) is 10.2. The minimum atomic E-state index is 0.00646. The first-order valence-corrected chi connectivity index (χ1v) is 6.22. The highest BCUT2D eigenvalue weighted by atomic mass is 16.2. The van der Waals surface area contributed by atoms with Crippen LogP contribution < -0.4 is 10.6 Å². The maximum absolute atomic E-state index is 11.5. The minimum absolute atomic E-state index is 0.00646. The molecule has 1 aromatic rings. The Morgan fingerprint density at radius 1 is 1.47 bits per heavy atom. The van der Waals surface area contributed by atoms with Gasteiger partial charge in [0.2, 0.25) is 5.91 Å². The van der Waals surface area contributed by atoms with Crippen molar-refractivity contribution in [3.8, 4) is 0 Å². The van der Waals surface area contributed by atoms with Crippen LogP contribution in [0.3, 0.4) is 0 Å². The van der Waals surface area contributed by atoms with Crippen LogP contribution in [0.2, 0.25) is 0 Å². The van der Waals surface area contributed by atoms with Gasteiger partial charge in [0.25, 0.3) is 0 Å². The Morgan fingerprint density at radius 2 is 2.21 bits per heavy atom. The molecule has 1 rings (SSSR count). The van der Waals surface area contributed by atoms with E-state index in [4.69, 9.17) is 0 Å². The molecule has 0 saturated heterocycles. The van der Waals surface area contributed by atoms with E-state index >= 15 is 0 Å². The number of rotatable bonds is 5. The molecule has 0 unspecified atom stereocenters. The maximum atomic E-state index is 11.5. The Labute approximate surface area is 113 Å². The Morgan fingerprint density at radius 3 is 2.74 bits per heavy atom. The summed E-state index contributed by atoms with van der Waals surface area (Å²) >= 11 is 0. The predicted molar refractivity (Wildman–Crippen MR) is 74.7 cm³/mol. The molecule has 0 bridgehead atoms. The van der Waals surface area contributed by atoms with Crippen molar-refractivity contribution in [2.75, 3.05) is 27.2 Å². The monoisotopic (exact) mass is 266 g/mol. The number of aliphatic imine (C=N–C) groups is 1. The summed E-state index contributed by atoms with van der Waals surface area (Å²) in [5.74, 6) is 0.633. The largest absolute Gasteiger partial charge is 0.357 e. The van der Waals surface area contributed by atoms with E-state index in [1.807, 2.05) is 20.2 Å². The second-order valence-electron chi connectivity index (χ2n) is 4.36. The zero-order chi connectivity index (χ0) is 14.3. The molecule has 0 radical (unpaired) electrons. The van der Waals surface area contributed by atoms with Gasteiger partial charge in [-0.05, 0) is 6.92 Å². The lowest BCUT2D eigenvalue weighted by atomic mass is 10.4. The first-order valence-electron chi connectivity index (χ1n) is 6.22. The molecule has 7 heteroatoms. The standard InChI is InChI=1S/C12H22N6O/c1-5-13-12(15-8-11(19)17(2)3)14-6-10-7-16-18(4)9-10/h7,9H,5-6,8H2,1-4H3,(H2,13,14,15). The number of hydrogen-bond donors (Lipinski definition) is 2. The van der Waals surface area contributed by atoms with Gasteiger partial charge in [0, 0.05) is 39.4 Å². The summed E-state index contributed by atoms with van der Waals surface area (Å²) in [6, 6.07) is 0. The number of likely N-dealkylation sites (N-methyl/N-ethyl adjacent to an activating group) is 1. The van der Waals surface area contributed by atoms with Gasteiger partial charge in [-0.1, -0.05) is 0 Å². The number of aromatic nitrogens is 2.